The molecule has 0 aliphatic heterocycles. The van der Waals surface area contributed by atoms with E-state index < -0.39 is 0 Å². The van der Waals surface area contributed by atoms with Crippen molar-refractivity contribution >= 4 is 11.9 Å². The normalized spacial score (nSPS) is 10.4. The van der Waals surface area contributed by atoms with Crippen LogP contribution >= 0.6 is 0 Å². The molecular formula is C24H21N. The largest absolute Gasteiger partial charge is 0.261 e. The summed E-state index contributed by atoms with van der Waals surface area (Å²) in [5, 5.41) is 0. The van der Waals surface area contributed by atoms with Crippen molar-refractivity contribution in [2.75, 3.05) is 0 Å². The molecule has 0 unspecified atom stereocenters. The molecule has 3 aromatic rings. The summed E-state index contributed by atoms with van der Waals surface area (Å²) in [6.45, 7) is 0. The monoisotopic (exact) mass is 323 g/mol. The van der Waals surface area contributed by atoms with Gasteiger partial charge in [0, 0.05) is 18.2 Å². The Morgan fingerprint density at radius 1 is 0.760 bits per heavy atom. The Hall–Kier alpha value is -3.11. The molecule has 0 spiro atoms. The van der Waals surface area contributed by atoms with Crippen molar-refractivity contribution in [2.24, 2.45) is 4.99 Å². The van der Waals surface area contributed by atoms with E-state index in [1.807, 2.05) is 54.7 Å². The summed E-state index contributed by atoms with van der Waals surface area (Å²) >= 11 is 0. The van der Waals surface area contributed by atoms with Crippen molar-refractivity contribution in [1.29, 1.82) is 0 Å². The molecule has 0 aliphatic rings. The first kappa shape index (κ1) is 16.7. The zero-order valence-corrected chi connectivity index (χ0v) is 14.2. The third-order valence-electron chi connectivity index (χ3n) is 3.91. The Kier molecular flexibility index (Phi) is 6.19. The second-order valence-corrected chi connectivity index (χ2v) is 5.81. The molecule has 3 aromatic carbocycles. The molecule has 0 atom stereocenters. The number of aryl methyl sites for hydroxylation is 1. The van der Waals surface area contributed by atoms with E-state index in [2.05, 4.69) is 53.2 Å². The SMILES string of the molecule is C(#Cc1ccccc1)Cc1ccccc1N=CCCc1ccccc1. The van der Waals surface area contributed by atoms with Crippen LogP contribution in [0.1, 0.15) is 23.1 Å². The summed E-state index contributed by atoms with van der Waals surface area (Å²) in [6, 6.07) is 28.8. The number of hydrogen-bond acceptors (Lipinski definition) is 1. The molecule has 1 nitrogen and oxygen atoms in total. The molecule has 122 valence electrons. The van der Waals surface area contributed by atoms with Crippen molar-refractivity contribution in [3.63, 3.8) is 0 Å². The number of hydrogen-bond donors (Lipinski definition) is 0. The minimum absolute atomic E-state index is 0.709. The first-order chi connectivity index (χ1) is 12.4. The van der Waals surface area contributed by atoms with Crippen LogP contribution < -0.4 is 0 Å². The molecule has 25 heavy (non-hydrogen) atoms. The molecule has 0 aliphatic carbocycles. The predicted molar refractivity (Wildman–Crippen MR) is 106 cm³/mol. The van der Waals surface area contributed by atoms with Gasteiger partial charge in [-0.05, 0) is 42.2 Å². The Labute approximate surface area is 150 Å². The third-order valence-corrected chi connectivity index (χ3v) is 3.91. The van der Waals surface area contributed by atoms with E-state index in [1.165, 1.54) is 11.1 Å². The maximum absolute atomic E-state index is 4.65. The van der Waals surface area contributed by atoms with Gasteiger partial charge in [-0.3, -0.25) is 4.99 Å². The zero-order chi connectivity index (χ0) is 17.2. The predicted octanol–water partition coefficient (Wildman–Crippen LogP) is 5.62. The van der Waals surface area contributed by atoms with Gasteiger partial charge in [0.1, 0.15) is 0 Å². The highest BCUT2D eigenvalue weighted by atomic mass is 14.7. The van der Waals surface area contributed by atoms with Crippen LogP contribution in [0, 0.1) is 11.8 Å². The summed E-state index contributed by atoms with van der Waals surface area (Å²) in [6.07, 6.45) is 4.67. The highest BCUT2D eigenvalue weighted by molar-refractivity contribution is 5.65. The van der Waals surface area contributed by atoms with Crippen LogP contribution in [-0.4, -0.2) is 6.21 Å². The average molecular weight is 323 g/mol. The summed E-state index contributed by atoms with van der Waals surface area (Å²) in [5.41, 5.74) is 4.57. The van der Waals surface area contributed by atoms with Gasteiger partial charge in [0.05, 0.1) is 5.69 Å². The highest BCUT2D eigenvalue weighted by Gasteiger charge is 1.97. The van der Waals surface area contributed by atoms with E-state index >= 15 is 0 Å². The number of aliphatic imine (C=N–C) groups is 1. The second kappa shape index (κ2) is 9.25. The zero-order valence-electron chi connectivity index (χ0n) is 14.2. The lowest BCUT2D eigenvalue weighted by Gasteiger charge is -2.01. The summed E-state index contributed by atoms with van der Waals surface area (Å²) in [4.78, 5) is 4.65. The van der Waals surface area contributed by atoms with E-state index in [0.717, 1.165) is 24.1 Å². The summed E-state index contributed by atoms with van der Waals surface area (Å²) in [7, 11) is 0. The first-order valence-corrected chi connectivity index (χ1v) is 8.60. The Bertz CT molecular complexity index is 868. The fourth-order valence-corrected chi connectivity index (χ4v) is 2.59. The van der Waals surface area contributed by atoms with Gasteiger partial charge < -0.3 is 0 Å². The van der Waals surface area contributed by atoms with Crippen LogP contribution in [0.4, 0.5) is 5.69 Å². The fourth-order valence-electron chi connectivity index (χ4n) is 2.59. The van der Waals surface area contributed by atoms with Gasteiger partial charge in [0.2, 0.25) is 0 Å². The molecule has 1 heteroatoms. The van der Waals surface area contributed by atoms with Gasteiger partial charge >= 0.3 is 0 Å². The summed E-state index contributed by atoms with van der Waals surface area (Å²) in [5.74, 6) is 6.46. The maximum atomic E-state index is 4.65. The molecule has 0 radical (unpaired) electrons. The molecular weight excluding hydrogens is 302 g/mol. The standard InChI is InChI=1S/C24H21N/c1-3-11-21(12-4-1)15-9-18-23-17-7-8-19-24(23)25-20-10-16-22-13-5-2-6-14-22/h1-8,11-14,17,19-20H,10,16,18H2. The van der Waals surface area contributed by atoms with Crippen molar-refractivity contribution in [3.05, 3.63) is 102 Å². The smallest absolute Gasteiger partial charge is 0.0667 e. The maximum Gasteiger partial charge on any atom is 0.0667 e. The lowest BCUT2D eigenvalue weighted by Crippen LogP contribution is -1.87. The van der Waals surface area contributed by atoms with Crippen molar-refractivity contribution in [2.45, 2.75) is 19.3 Å². The molecule has 3 rings (SSSR count). The molecule has 0 amide bonds. The minimum atomic E-state index is 0.709. The fraction of sp³-hybridized carbons (Fsp3) is 0.125. The molecule has 0 bridgehead atoms. The average Bonchev–Trinajstić information content (AvgIpc) is 2.68. The summed E-state index contributed by atoms with van der Waals surface area (Å²) < 4.78 is 0. The molecule has 0 saturated carbocycles. The van der Waals surface area contributed by atoms with Crippen molar-refractivity contribution < 1.29 is 0 Å². The molecule has 0 heterocycles. The van der Waals surface area contributed by atoms with Gasteiger partial charge in [0.15, 0.2) is 0 Å². The van der Waals surface area contributed by atoms with Crippen LogP contribution in [0.5, 0.6) is 0 Å². The van der Waals surface area contributed by atoms with Crippen molar-refractivity contribution in [3.8, 4) is 11.8 Å². The molecule has 0 saturated heterocycles. The Balaban J connectivity index is 1.61. The van der Waals surface area contributed by atoms with E-state index in [0.29, 0.717) is 6.42 Å². The lowest BCUT2D eigenvalue weighted by atomic mass is 10.1. The first-order valence-electron chi connectivity index (χ1n) is 8.60. The number of rotatable bonds is 5. The second-order valence-electron chi connectivity index (χ2n) is 5.81. The minimum Gasteiger partial charge on any atom is -0.261 e. The van der Waals surface area contributed by atoms with Gasteiger partial charge in [-0.1, -0.05) is 78.6 Å². The van der Waals surface area contributed by atoms with Gasteiger partial charge in [-0.2, -0.15) is 0 Å². The van der Waals surface area contributed by atoms with E-state index in [1.54, 1.807) is 0 Å². The Morgan fingerprint density at radius 2 is 1.44 bits per heavy atom. The Morgan fingerprint density at radius 3 is 2.24 bits per heavy atom. The number of benzene rings is 3. The topological polar surface area (TPSA) is 12.4 Å². The molecule has 0 fully saturated rings. The van der Waals surface area contributed by atoms with E-state index in [4.69, 9.17) is 0 Å². The van der Waals surface area contributed by atoms with Crippen molar-refractivity contribution in [1.82, 2.24) is 0 Å². The lowest BCUT2D eigenvalue weighted by molar-refractivity contribution is 1.05. The van der Waals surface area contributed by atoms with Crippen LogP contribution in [-0.2, 0) is 12.8 Å². The third kappa shape index (κ3) is 5.48. The van der Waals surface area contributed by atoms with Gasteiger partial charge in [0.25, 0.3) is 0 Å². The van der Waals surface area contributed by atoms with E-state index in [9.17, 15) is 0 Å². The molecule has 0 aromatic heterocycles. The van der Waals surface area contributed by atoms with Crippen LogP contribution in [0.3, 0.4) is 0 Å². The number of nitrogens with zero attached hydrogens (tertiary/aromatic N) is 1. The quantitative estimate of drug-likeness (QED) is 0.427. The van der Waals surface area contributed by atoms with E-state index in [-0.39, 0.29) is 0 Å². The van der Waals surface area contributed by atoms with Crippen LogP contribution in [0.15, 0.2) is 89.9 Å². The number of para-hydroxylation sites is 1. The van der Waals surface area contributed by atoms with Gasteiger partial charge in [-0.15, -0.1) is 0 Å². The van der Waals surface area contributed by atoms with Crippen LogP contribution in [0.2, 0.25) is 0 Å². The van der Waals surface area contributed by atoms with Crippen LogP contribution in [0.25, 0.3) is 0 Å². The highest BCUT2D eigenvalue weighted by Crippen LogP contribution is 2.18. The van der Waals surface area contributed by atoms with Gasteiger partial charge in [-0.25, -0.2) is 0 Å². The molecule has 0 N–H and O–H groups in total.